The van der Waals surface area contributed by atoms with E-state index in [1.807, 2.05) is 44.2 Å². The third kappa shape index (κ3) is 5.03. The lowest BCUT2D eigenvalue weighted by atomic mass is 10.1. The molecule has 0 aliphatic rings. The summed E-state index contributed by atoms with van der Waals surface area (Å²) in [4.78, 5) is 26.6. The average molecular weight is 409 g/mol. The highest BCUT2D eigenvalue weighted by Gasteiger charge is 2.15. The molecule has 0 aliphatic heterocycles. The van der Waals surface area contributed by atoms with Gasteiger partial charge in [-0.1, -0.05) is 25.1 Å². The maximum atomic E-state index is 12.7. The Morgan fingerprint density at radius 1 is 1.03 bits per heavy atom. The molecule has 2 N–H and O–H groups in total. The first-order chi connectivity index (χ1) is 14.0. The Bertz CT molecular complexity index is 1010. The Kier molecular flexibility index (Phi) is 6.67. The topological polar surface area (TPSA) is 67.4 Å². The van der Waals surface area contributed by atoms with Gasteiger partial charge in [0.1, 0.15) is 5.75 Å². The van der Waals surface area contributed by atoms with E-state index in [4.69, 9.17) is 4.74 Å². The summed E-state index contributed by atoms with van der Waals surface area (Å²) in [6.07, 6.45) is 0.871. The first-order valence-corrected chi connectivity index (χ1v) is 10.3. The Labute approximate surface area is 174 Å². The molecule has 0 bridgehead atoms. The van der Waals surface area contributed by atoms with Gasteiger partial charge in [0.2, 0.25) is 0 Å². The number of nitrogens with one attached hydrogen (secondary N) is 2. The average Bonchev–Trinajstić information content (AvgIpc) is 3.14. The molecule has 2 aromatic carbocycles. The summed E-state index contributed by atoms with van der Waals surface area (Å²) in [5.74, 6) is 0.461. The summed E-state index contributed by atoms with van der Waals surface area (Å²) < 4.78 is 5.20. The molecule has 3 rings (SSSR count). The molecular weight excluding hydrogens is 384 g/mol. The first kappa shape index (κ1) is 20.6. The number of aryl methyl sites for hydroxylation is 1. The fourth-order valence-corrected chi connectivity index (χ4v) is 3.86. The molecule has 2 amide bonds. The molecule has 0 fully saturated rings. The van der Waals surface area contributed by atoms with Crippen molar-refractivity contribution in [3.8, 4) is 16.9 Å². The second kappa shape index (κ2) is 9.39. The second-order valence-corrected chi connectivity index (χ2v) is 7.86. The van der Waals surface area contributed by atoms with E-state index in [1.54, 1.807) is 31.4 Å². The Morgan fingerprint density at radius 3 is 2.48 bits per heavy atom. The highest BCUT2D eigenvalue weighted by Crippen LogP contribution is 2.32. The number of hydrogen-bond donors (Lipinski definition) is 2. The van der Waals surface area contributed by atoms with Crippen molar-refractivity contribution in [2.24, 2.45) is 0 Å². The molecule has 0 radical (unpaired) electrons. The van der Waals surface area contributed by atoms with E-state index in [9.17, 15) is 9.59 Å². The standard InChI is InChI=1S/C23H24N2O3S/c1-4-12-24-22(26)17-6-5-7-18(13-17)25-23(27)21-14-20(15(2)29-21)16-8-10-19(28-3)11-9-16/h5-11,13-14H,4,12H2,1-3H3,(H,24,26)(H,25,27). The fourth-order valence-electron chi connectivity index (χ4n) is 2.92. The highest BCUT2D eigenvalue weighted by atomic mass is 32.1. The Morgan fingerprint density at radius 2 is 1.79 bits per heavy atom. The van der Waals surface area contributed by atoms with E-state index >= 15 is 0 Å². The third-order valence-electron chi connectivity index (χ3n) is 4.46. The molecule has 29 heavy (non-hydrogen) atoms. The van der Waals surface area contributed by atoms with E-state index in [0.29, 0.717) is 22.7 Å². The molecule has 5 nitrogen and oxygen atoms in total. The van der Waals surface area contributed by atoms with Gasteiger partial charge < -0.3 is 15.4 Å². The summed E-state index contributed by atoms with van der Waals surface area (Å²) in [5.41, 5.74) is 3.18. The maximum Gasteiger partial charge on any atom is 0.265 e. The minimum absolute atomic E-state index is 0.142. The van der Waals surface area contributed by atoms with Gasteiger partial charge in [-0.25, -0.2) is 0 Å². The van der Waals surface area contributed by atoms with Gasteiger partial charge in [0.15, 0.2) is 0 Å². The van der Waals surface area contributed by atoms with Gasteiger partial charge in [0.25, 0.3) is 11.8 Å². The van der Waals surface area contributed by atoms with Crippen molar-refractivity contribution in [2.45, 2.75) is 20.3 Å². The van der Waals surface area contributed by atoms with Gasteiger partial charge in [0, 0.05) is 22.7 Å². The van der Waals surface area contributed by atoms with E-state index < -0.39 is 0 Å². The van der Waals surface area contributed by atoms with Crippen LogP contribution in [0.25, 0.3) is 11.1 Å². The normalized spacial score (nSPS) is 10.4. The van der Waals surface area contributed by atoms with Crippen LogP contribution in [0, 0.1) is 6.92 Å². The van der Waals surface area contributed by atoms with Crippen LogP contribution >= 0.6 is 11.3 Å². The zero-order valence-electron chi connectivity index (χ0n) is 16.7. The van der Waals surface area contributed by atoms with Crippen molar-refractivity contribution >= 4 is 28.8 Å². The van der Waals surface area contributed by atoms with Crippen molar-refractivity contribution in [3.63, 3.8) is 0 Å². The van der Waals surface area contributed by atoms with Crippen molar-refractivity contribution in [2.75, 3.05) is 19.0 Å². The molecule has 150 valence electrons. The summed E-state index contributed by atoms with van der Waals surface area (Å²) in [5, 5.41) is 5.73. The summed E-state index contributed by atoms with van der Waals surface area (Å²) >= 11 is 1.45. The predicted molar refractivity (Wildman–Crippen MR) is 118 cm³/mol. The maximum absolute atomic E-state index is 12.7. The third-order valence-corrected chi connectivity index (χ3v) is 5.51. The number of benzene rings is 2. The van der Waals surface area contributed by atoms with Crippen LogP contribution < -0.4 is 15.4 Å². The van der Waals surface area contributed by atoms with Crippen LogP contribution in [0.15, 0.2) is 54.6 Å². The van der Waals surface area contributed by atoms with E-state index in [-0.39, 0.29) is 11.8 Å². The van der Waals surface area contributed by atoms with E-state index in [0.717, 1.165) is 28.2 Å². The lowest BCUT2D eigenvalue weighted by Gasteiger charge is -2.07. The van der Waals surface area contributed by atoms with Gasteiger partial charge in [-0.2, -0.15) is 0 Å². The van der Waals surface area contributed by atoms with Gasteiger partial charge in [0.05, 0.1) is 12.0 Å². The predicted octanol–water partition coefficient (Wildman–Crippen LogP) is 5.12. The number of methoxy groups -OCH3 is 1. The molecule has 1 aromatic heterocycles. The molecule has 0 saturated heterocycles. The number of amides is 2. The van der Waals surface area contributed by atoms with Crippen LogP contribution in [-0.4, -0.2) is 25.5 Å². The first-order valence-electron chi connectivity index (χ1n) is 9.46. The number of rotatable bonds is 7. The van der Waals surface area contributed by atoms with E-state index in [2.05, 4.69) is 10.6 Å². The number of hydrogen-bond acceptors (Lipinski definition) is 4. The van der Waals surface area contributed by atoms with Crippen LogP contribution in [0.5, 0.6) is 5.75 Å². The van der Waals surface area contributed by atoms with Crippen molar-refractivity contribution < 1.29 is 14.3 Å². The molecule has 6 heteroatoms. The van der Waals surface area contributed by atoms with Crippen LogP contribution in [-0.2, 0) is 0 Å². The zero-order chi connectivity index (χ0) is 20.8. The van der Waals surface area contributed by atoms with Crippen molar-refractivity contribution in [3.05, 3.63) is 69.9 Å². The molecule has 1 heterocycles. The van der Waals surface area contributed by atoms with Gasteiger partial charge in [-0.15, -0.1) is 11.3 Å². The molecular formula is C23H24N2O3S. The number of thiophene rings is 1. The SMILES string of the molecule is CCCNC(=O)c1cccc(NC(=O)c2cc(-c3ccc(OC)cc3)c(C)s2)c1. The molecule has 0 saturated carbocycles. The molecule has 0 unspecified atom stereocenters. The van der Waals surface area contributed by atoms with Crippen LogP contribution in [0.1, 0.15) is 38.3 Å². The number of carbonyl (C=O) groups is 2. The Balaban J connectivity index is 1.75. The number of carbonyl (C=O) groups excluding carboxylic acids is 2. The van der Waals surface area contributed by atoms with Crippen LogP contribution in [0.2, 0.25) is 0 Å². The zero-order valence-corrected chi connectivity index (χ0v) is 17.6. The highest BCUT2D eigenvalue weighted by molar-refractivity contribution is 7.14. The van der Waals surface area contributed by atoms with Crippen molar-refractivity contribution in [1.29, 1.82) is 0 Å². The lowest BCUT2D eigenvalue weighted by Crippen LogP contribution is -2.24. The van der Waals surface area contributed by atoms with Gasteiger partial charge >= 0.3 is 0 Å². The second-order valence-electron chi connectivity index (χ2n) is 6.60. The Hall–Kier alpha value is -3.12. The van der Waals surface area contributed by atoms with Crippen molar-refractivity contribution in [1.82, 2.24) is 5.32 Å². The summed E-state index contributed by atoms with van der Waals surface area (Å²) in [6, 6.07) is 16.6. The minimum Gasteiger partial charge on any atom is -0.497 e. The quantitative estimate of drug-likeness (QED) is 0.570. The smallest absolute Gasteiger partial charge is 0.265 e. The monoisotopic (exact) mass is 408 g/mol. The minimum atomic E-state index is -0.191. The molecule has 0 atom stereocenters. The molecule has 3 aromatic rings. The van der Waals surface area contributed by atoms with Crippen LogP contribution in [0.4, 0.5) is 5.69 Å². The van der Waals surface area contributed by atoms with Gasteiger partial charge in [-0.3, -0.25) is 9.59 Å². The summed E-state index contributed by atoms with van der Waals surface area (Å²) in [7, 11) is 1.63. The number of ether oxygens (including phenoxy) is 1. The largest absolute Gasteiger partial charge is 0.497 e. The molecule has 0 spiro atoms. The summed E-state index contributed by atoms with van der Waals surface area (Å²) in [6.45, 7) is 4.62. The van der Waals surface area contributed by atoms with E-state index in [1.165, 1.54) is 11.3 Å². The van der Waals surface area contributed by atoms with Gasteiger partial charge in [-0.05, 0) is 60.9 Å². The molecule has 0 aliphatic carbocycles. The fraction of sp³-hybridized carbons (Fsp3) is 0.217. The number of anilines is 1. The lowest BCUT2D eigenvalue weighted by molar-refractivity contribution is 0.0952. The van der Waals surface area contributed by atoms with Crippen LogP contribution in [0.3, 0.4) is 0 Å².